The summed E-state index contributed by atoms with van der Waals surface area (Å²) in [6, 6.07) is 5.13. The van der Waals surface area contributed by atoms with Crippen molar-refractivity contribution in [2.75, 3.05) is 11.9 Å². The molecule has 1 N–H and O–H groups in total. The van der Waals surface area contributed by atoms with E-state index < -0.39 is 6.17 Å². The summed E-state index contributed by atoms with van der Waals surface area (Å²) in [5, 5.41) is 22.9. The molecule has 1 aromatic carbocycles. The minimum absolute atomic E-state index is 0.0909. The largest absolute Gasteiger partial charge is 0.507 e. The molecule has 0 amide bonds. The molecule has 1 aliphatic carbocycles. The van der Waals surface area contributed by atoms with Crippen molar-refractivity contribution >= 4 is 5.95 Å². The highest BCUT2D eigenvalue weighted by atomic mass is 19.1. The van der Waals surface area contributed by atoms with Gasteiger partial charge in [0.15, 0.2) is 0 Å². The zero-order chi connectivity index (χ0) is 19.0. The fourth-order valence-electron chi connectivity index (χ4n) is 3.53. The van der Waals surface area contributed by atoms with Crippen molar-refractivity contribution in [3.8, 4) is 28.1 Å². The summed E-state index contributed by atoms with van der Waals surface area (Å²) >= 11 is 0. The summed E-state index contributed by atoms with van der Waals surface area (Å²) in [6.45, 7) is 0. The second-order valence-electron chi connectivity index (χ2n) is 6.90. The van der Waals surface area contributed by atoms with Gasteiger partial charge in [-0.2, -0.15) is 5.10 Å². The van der Waals surface area contributed by atoms with Gasteiger partial charge in [-0.3, -0.25) is 4.68 Å². The highest BCUT2D eigenvalue weighted by molar-refractivity contribution is 5.73. The number of anilines is 1. The number of nitrogens with zero attached hydrogens (tertiary/aromatic N) is 6. The number of aryl methyl sites for hydroxylation is 1. The molecule has 7 nitrogen and oxygen atoms in total. The normalized spacial score (nSPS) is 19.4. The van der Waals surface area contributed by atoms with Crippen LogP contribution in [0.3, 0.4) is 0 Å². The van der Waals surface area contributed by atoms with Gasteiger partial charge in [-0.15, -0.1) is 10.2 Å². The number of phenols is 1. The lowest BCUT2D eigenvalue weighted by Gasteiger charge is -2.25. The van der Waals surface area contributed by atoms with Gasteiger partial charge < -0.3 is 10.0 Å². The zero-order valence-corrected chi connectivity index (χ0v) is 15.2. The fourth-order valence-corrected chi connectivity index (χ4v) is 3.53. The molecule has 2 aromatic heterocycles. The first kappa shape index (κ1) is 17.4. The van der Waals surface area contributed by atoms with Gasteiger partial charge in [0.1, 0.15) is 17.6 Å². The molecule has 0 spiro atoms. The van der Waals surface area contributed by atoms with Gasteiger partial charge in [-0.05, 0) is 37.0 Å². The van der Waals surface area contributed by atoms with E-state index in [1.165, 1.54) is 0 Å². The fraction of sp³-hybridized carbons (Fsp3) is 0.368. The minimum atomic E-state index is -0.859. The number of hydrogen-bond acceptors (Lipinski definition) is 6. The number of halogens is 1. The number of phenolic OH excluding ortho intramolecular Hbond substituents is 1. The number of benzene rings is 1. The Hall–Kier alpha value is -3.03. The van der Waals surface area contributed by atoms with Crippen molar-refractivity contribution in [1.29, 1.82) is 0 Å². The Balaban J connectivity index is 1.57. The minimum Gasteiger partial charge on any atom is -0.507 e. The maximum absolute atomic E-state index is 13.9. The first-order chi connectivity index (χ1) is 13.0. The number of hydrogen-bond donors (Lipinski definition) is 1. The van der Waals surface area contributed by atoms with Gasteiger partial charge >= 0.3 is 0 Å². The molecule has 1 fully saturated rings. The molecule has 140 valence electrons. The maximum Gasteiger partial charge on any atom is 0.245 e. The number of aromatic hydroxyl groups is 1. The van der Waals surface area contributed by atoms with E-state index in [1.807, 2.05) is 19.3 Å². The van der Waals surface area contributed by atoms with Crippen LogP contribution in [-0.4, -0.2) is 49.3 Å². The second kappa shape index (κ2) is 6.94. The van der Waals surface area contributed by atoms with Crippen LogP contribution in [0.25, 0.3) is 22.4 Å². The Morgan fingerprint density at radius 3 is 2.63 bits per heavy atom. The summed E-state index contributed by atoms with van der Waals surface area (Å²) in [5.74, 6) is 0.480. The van der Waals surface area contributed by atoms with Crippen LogP contribution < -0.4 is 4.90 Å². The highest BCUT2D eigenvalue weighted by Crippen LogP contribution is 2.32. The number of alkyl halides is 1. The molecule has 1 saturated carbocycles. The van der Waals surface area contributed by atoms with E-state index in [2.05, 4.69) is 20.3 Å². The summed E-state index contributed by atoms with van der Waals surface area (Å²) in [6.07, 6.45) is 6.56. The van der Waals surface area contributed by atoms with E-state index in [1.54, 1.807) is 41.2 Å². The zero-order valence-electron chi connectivity index (χ0n) is 15.2. The molecule has 8 heteroatoms. The lowest BCUT2D eigenvalue weighted by atomic mass is 10.0. The van der Waals surface area contributed by atoms with E-state index in [9.17, 15) is 9.50 Å². The molecule has 0 saturated heterocycles. The SMILES string of the molecule is CN(c1ncc(-c2ccc(-c3cnn(C)c3)cc2O)nn1)[C@@H]1CCC[C@@H]1F. The van der Waals surface area contributed by atoms with Gasteiger partial charge in [0.2, 0.25) is 5.95 Å². The predicted octanol–water partition coefficient (Wildman–Crippen LogP) is 2.97. The first-order valence-corrected chi connectivity index (χ1v) is 8.92. The van der Waals surface area contributed by atoms with Crippen molar-refractivity contribution in [2.45, 2.75) is 31.5 Å². The van der Waals surface area contributed by atoms with E-state index in [4.69, 9.17) is 0 Å². The van der Waals surface area contributed by atoms with Crippen LogP contribution >= 0.6 is 0 Å². The third-order valence-corrected chi connectivity index (χ3v) is 5.07. The standard InChI is InChI=1S/C19H21FN6O/c1-25-11-13(9-22-25)12-6-7-14(18(27)8-12)16-10-21-19(24-23-16)26(2)17-5-3-4-15(17)20/h6-11,15,17,27H,3-5H2,1-2H3/t15-,17+/m0/s1. The lowest BCUT2D eigenvalue weighted by molar-refractivity contribution is 0.305. The Morgan fingerprint density at radius 2 is 2.04 bits per heavy atom. The Kier molecular flexibility index (Phi) is 4.47. The summed E-state index contributed by atoms with van der Waals surface area (Å²) in [4.78, 5) is 6.07. The Bertz CT molecular complexity index is 942. The van der Waals surface area contributed by atoms with E-state index in [-0.39, 0.29) is 11.8 Å². The monoisotopic (exact) mass is 368 g/mol. The molecular formula is C19H21FN6O. The molecule has 0 bridgehead atoms. The molecule has 27 heavy (non-hydrogen) atoms. The average Bonchev–Trinajstić information content (AvgIpc) is 3.29. The highest BCUT2D eigenvalue weighted by Gasteiger charge is 2.31. The molecular weight excluding hydrogens is 347 g/mol. The lowest BCUT2D eigenvalue weighted by Crippen LogP contribution is -2.36. The topological polar surface area (TPSA) is 80.0 Å². The van der Waals surface area contributed by atoms with Gasteiger partial charge in [-0.25, -0.2) is 9.37 Å². The summed E-state index contributed by atoms with van der Waals surface area (Å²) in [5.41, 5.74) is 2.78. The van der Waals surface area contributed by atoms with Gasteiger partial charge in [0.05, 0.1) is 18.4 Å². The number of rotatable bonds is 4. The molecule has 2 heterocycles. The van der Waals surface area contributed by atoms with Crippen LogP contribution in [0, 0.1) is 0 Å². The van der Waals surface area contributed by atoms with Crippen molar-refractivity contribution in [3.05, 3.63) is 36.8 Å². The second-order valence-corrected chi connectivity index (χ2v) is 6.90. The molecule has 2 atom stereocenters. The van der Waals surface area contributed by atoms with Crippen LogP contribution in [-0.2, 0) is 7.05 Å². The maximum atomic E-state index is 13.9. The van der Waals surface area contributed by atoms with Crippen LogP contribution in [0.5, 0.6) is 5.75 Å². The molecule has 1 aliphatic rings. The third kappa shape index (κ3) is 3.34. The van der Waals surface area contributed by atoms with Crippen molar-refractivity contribution in [2.24, 2.45) is 7.05 Å². The van der Waals surface area contributed by atoms with Gasteiger partial charge in [0.25, 0.3) is 0 Å². The van der Waals surface area contributed by atoms with Crippen molar-refractivity contribution in [1.82, 2.24) is 25.0 Å². The van der Waals surface area contributed by atoms with Gasteiger partial charge in [-0.1, -0.05) is 6.07 Å². The van der Waals surface area contributed by atoms with Crippen molar-refractivity contribution in [3.63, 3.8) is 0 Å². The first-order valence-electron chi connectivity index (χ1n) is 8.92. The predicted molar refractivity (Wildman–Crippen MR) is 100 cm³/mol. The van der Waals surface area contributed by atoms with E-state index in [0.29, 0.717) is 23.6 Å². The van der Waals surface area contributed by atoms with Gasteiger partial charge in [0, 0.05) is 31.4 Å². The van der Waals surface area contributed by atoms with E-state index >= 15 is 0 Å². The Morgan fingerprint density at radius 1 is 1.19 bits per heavy atom. The summed E-state index contributed by atoms with van der Waals surface area (Å²) < 4.78 is 15.6. The molecule has 4 rings (SSSR count). The molecule has 0 radical (unpaired) electrons. The number of aromatic nitrogens is 5. The smallest absolute Gasteiger partial charge is 0.245 e. The van der Waals surface area contributed by atoms with Crippen molar-refractivity contribution < 1.29 is 9.50 Å². The quantitative estimate of drug-likeness (QED) is 0.763. The van der Waals surface area contributed by atoms with Crippen LogP contribution in [0.4, 0.5) is 10.3 Å². The molecule has 0 aliphatic heterocycles. The average molecular weight is 368 g/mol. The Labute approximate surface area is 156 Å². The summed E-state index contributed by atoms with van der Waals surface area (Å²) in [7, 11) is 3.63. The molecule has 0 unspecified atom stereocenters. The van der Waals surface area contributed by atoms with Crippen LogP contribution in [0.2, 0.25) is 0 Å². The molecule has 3 aromatic rings. The van der Waals surface area contributed by atoms with E-state index in [0.717, 1.165) is 24.0 Å². The van der Waals surface area contributed by atoms with Crippen LogP contribution in [0.15, 0.2) is 36.8 Å². The third-order valence-electron chi connectivity index (χ3n) is 5.07. The van der Waals surface area contributed by atoms with Crippen LogP contribution in [0.1, 0.15) is 19.3 Å².